The molecule has 2 aromatic rings. The molecule has 4 rings (SSSR count). The number of para-hydroxylation sites is 1. The number of aryl methyl sites for hydroxylation is 1. The lowest BCUT2D eigenvalue weighted by atomic mass is 9.83. The number of hydrogen-bond donors (Lipinski definition) is 1. The van der Waals surface area contributed by atoms with Gasteiger partial charge in [0.05, 0.1) is 6.61 Å². The Balaban J connectivity index is 1.74. The van der Waals surface area contributed by atoms with Gasteiger partial charge < -0.3 is 10.5 Å². The lowest BCUT2D eigenvalue weighted by molar-refractivity contribution is 0.281. The van der Waals surface area contributed by atoms with Gasteiger partial charge in [-0.25, -0.2) is 0 Å². The first kappa shape index (κ1) is 12.9. The third kappa shape index (κ3) is 2.06. The largest absolute Gasteiger partial charge is 0.493 e. The highest BCUT2D eigenvalue weighted by Gasteiger charge is 2.50. The molecule has 1 atom stereocenters. The van der Waals surface area contributed by atoms with Crippen LogP contribution in [0.1, 0.15) is 42.0 Å². The van der Waals surface area contributed by atoms with Gasteiger partial charge >= 0.3 is 0 Å². The van der Waals surface area contributed by atoms with Gasteiger partial charge in [-0.05, 0) is 36.8 Å². The van der Waals surface area contributed by atoms with Crippen LogP contribution in [0.5, 0.6) is 5.75 Å². The summed E-state index contributed by atoms with van der Waals surface area (Å²) in [7, 11) is 0. The molecular formula is C19H21NO. The first-order valence-corrected chi connectivity index (χ1v) is 7.87. The van der Waals surface area contributed by atoms with Gasteiger partial charge in [-0.1, -0.05) is 48.5 Å². The van der Waals surface area contributed by atoms with Gasteiger partial charge in [0.15, 0.2) is 0 Å². The monoisotopic (exact) mass is 279 g/mol. The van der Waals surface area contributed by atoms with Crippen molar-refractivity contribution in [1.29, 1.82) is 0 Å². The second-order valence-corrected chi connectivity index (χ2v) is 6.29. The summed E-state index contributed by atoms with van der Waals surface area (Å²) in [5.74, 6) is 1.05. The molecule has 2 aliphatic rings. The van der Waals surface area contributed by atoms with Crippen molar-refractivity contribution < 1.29 is 4.74 Å². The molecule has 2 N–H and O–H groups in total. The van der Waals surface area contributed by atoms with Crippen LogP contribution >= 0.6 is 0 Å². The van der Waals surface area contributed by atoms with Gasteiger partial charge in [0, 0.05) is 17.0 Å². The molecule has 1 aliphatic heterocycles. The fraction of sp³-hybridized carbons (Fsp3) is 0.368. The predicted molar refractivity (Wildman–Crippen MR) is 84.5 cm³/mol. The smallest absolute Gasteiger partial charge is 0.127 e. The lowest BCUT2D eigenvalue weighted by Gasteiger charge is -2.28. The Labute approximate surface area is 125 Å². The fourth-order valence-electron chi connectivity index (χ4n) is 3.64. The van der Waals surface area contributed by atoms with Gasteiger partial charge in [-0.3, -0.25) is 0 Å². The van der Waals surface area contributed by atoms with E-state index in [0.29, 0.717) is 0 Å². The molecule has 21 heavy (non-hydrogen) atoms. The van der Waals surface area contributed by atoms with Gasteiger partial charge in [0.25, 0.3) is 0 Å². The van der Waals surface area contributed by atoms with Crippen LogP contribution in [-0.2, 0) is 11.8 Å². The average Bonchev–Trinajstić information content (AvgIpc) is 3.36. The summed E-state index contributed by atoms with van der Waals surface area (Å²) in [5, 5.41) is 0. The van der Waals surface area contributed by atoms with Crippen LogP contribution in [-0.4, -0.2) is 6.61 Å². The third-order valence-electron chi connectivity index (χ3n) is 5.03. The van der Waals surface area contributed by atoms with E-state index in [1.54, 1.807) is 0 Å². The lowest BCUT2D eigenvalue weighted by Crippen LogP contribution is -2.27. The number of rotatable bonds is 3. The Morgan fingerprint density at radius 3 is 2.57 bits per heavy atom. The van der Waals surface area contributed by atoms with Crippen LogP contribution in [0.15, 0.2) is 48.5 Å². The Morgan fingerprint density at radius 1 is 1.00 bits per heavy atom. The van der Waals surface area contributed by atoms with Crippen LogP contribution in [0.3, 0.4) is 0 Å². The van der Waals surface area contributed by atoms with E-state index < -0.39 is 0 Å². The highest BCUT2D eigenvalue weighted by Crippen LogP contribution is 2.56. The van der Waals surface area contributed by atoms with Crippen LogP contribution in [0, 0.1) is 0 Å². The van der Waals surface area contributed by atoms with Crippen LogP contribution in [0.25, 0.3) is 0 Å². The molecule has 1 heterocycles. The van der Waals surface area contributed by atoms with E-state index in [1.807, 2.05) is 0 Å². The molecular weight excluding hydrogens is 258 g/mol. The highest BCUT2D eigenvalue weighted by atomic mass is 16.5. The summed E-state index contributed by atoms with van der Waals surface area (Å²) in [5.41, 5.74) is 10.7. The number of nitrogens with two attached hydrogens (primary N) is 1. The fourth-order valence-corrected chi connectivity index (χ4v) is 3.64. The van der Waals surface area contributed by atoms with Crippen molar-refractivity contribution in [3.8, 4) is 5.75 Å². The van der Waals surface area contributed by atoms with E-state index in [4.69, 9.17) is 10.5 Å². The Kier molecular flexibility index (Phi) is 3.00. The number of hydrogen-bond acceptors (Lipinski definition) is 2. The molecule has 0 aromatic heterocycles. The topological polar surface area (TPSA) is 35.2 Å². The molecule has 1 saturated carbocycles. The summed E-state index contributed by atoms with van der Waals surface area (Å²) < 4.78 is 5.95. The summed E-state index contributed by atoms with van der Waals surface area (Å²) in [6.07, 6.45) is 4.55. The van der Waals surface area contributed by atoms with Gasteiger partial charge in [0.1, 0.15) is 5.75 Å². The highest BCUT2D eigenvalue weighted by molar-refractivity contribution is 5.48. The molecule has 0 saturated heterocycles. The van der Waals surface area contributed by atoms with Gasteiger partial charge in [0.2, 0.25) is 0 Å². The van der Waals surface area contributed by atoms with Crippen molar-refractivity contribution in [3.05, 3.63) is 65.2 Å². The number of ether oxygens (including phenoxy) is 1. The summed E-state index contributed by atoms with van der Waals surface area (Å²) >= 11 is 0. The molecule has 0 bridgehead atoms. The van der Waals surface area contributed by atoms with Crippen molar-refractivity contribution in [2.24, 2.45) is 5.73 Å². The molecule has 2 heteroatoms. The van der Waals surface area contributed by atoms with Gasteiger partial charge in [-0.2, -0.15) is 0 Å². The standard InChI is InChI=1S/C19H21NO/c20-18(19(11-12-19)15-8-2-1-3-9-15)16-10-4-6-14-7-5-13-21-17(14)16/h1-4,6,8-10,18H,5,7,11-13,20H2. The predicted octanol–water partition coefficient (Wildman–Crippen LogP) is 3.74. The zero-order valence-corrected chi connectivity index (χ0v) is 12.2. The number of benzene rings is 2. The third-order valence-corrected chi connectivity index (χ3v) is 5.03. The van der Waals surface area contributed by atoms with E-state index in [-0.39, 0.29) is 11.5 Å². The zero-order valence-electron chi connectivity index (χ0n) is 12.2. The molecule has 0 radical (unpaired) electrons. The van der Waals surface area contributed by atoms with E-state index in [2.05, 4.69) is 48.5 Å². The Bertz CT molecular complexity index is 646. The molecule has 1 aliphatic carbocycles. The Hall–Kier alpha value is -1.80. The summed E-state index contributed by atoms with van der Waals surface area (Å²) in [4.78, 5) is 0. The van der Waals surface area contributed by atoms with Crippen LogP contribution in [0.2, 0.25) is 0 Å². The molecule has 0 spiro atoms. The molecule has 2 aromatic carbocycles. The first-order valence-electron chi connectivity index (χ1n) is 7.87. The molecule has 1 fully saturated rings. The van der Waals surface area contributed by atoms with Crippen molar-refractivity contribution in [1.82, 2.24) is 0 Å². The minimum atomic E-state index is 0.0212. The normalized spacial score (nSPS) is 20.2. The first-order chi connectivity index (χ1) is 10.3. The molecule has 0 amide bonds. The maximum absolute atomic E-state index is 6.71. The summed E-state index contributed by atoms with van der Waals surface area (Å²) in [6.45, 7) is 0.815. The molecule has 108 valence electrons. The summed E-state index contributed by atoms with van der Waals surface area (Å²) in [6, 6.07) is 17.2. The van der Waals surface area contributed by atoms with E-state index in [0.717, 1.165) is 25.2 Å². The van der Waals surface area contributed by atoms with E-state index in [9.17, 15) is 0 Å². The average molecular weight is 279 g/mol. The minimum Gasteiger partial charge on any atom is -0.493 e. The van der Waals surface area contributed by atoms with Gasteiger partial charge in [-0.15, -0.1) is 0 Å². The van der Waals surface area contributed by atoms with Crippen molar-refractivity contribution >= 4 is 0 Å². The van der Waals surface area contributed by atoms with E-state index >= 15 is 0 Å². The Morgan fingerprint density at radius 2 is 1.81 bits per heavy atom. The van der Waals surface area contributed by atoms with Crippen molar-refractivity contribution in [2.75, 3.05) is 6.61 Å². The quantitative estimate of drug-likeness (QED) is 0.929. The van der Waals surface area contributed by atoms with Crippen LogP contribution in [0.4, 0.5) is 0 Å². The van der Waals surface area contributed by atoms with Crippen molar-refractivity contribution in [2.45, 2.75) is 37.1 Å². The number of fused-ring (bicyclic) bond motifs is 1. The maximum atomic E-state index is 6.71. The van der Waals surface area contributed by atoms with E-state index in [1.165, 1.54) is 29.5 Å². The minimum absolute atomic E-state index is 0.0212. The van der Waals surface area contributed by atoms with Crippen LogP contribution < -0.4 is 10.5 Å². The maximum Gasteiger partial charge on any atom is 0.127 e. The SMILES string of the molecule is NC(c1cccc2c1OCCC2)C1(c2ccccc2)CC1. The zero-order chi connectivity index (χ0) is 14.3. The molecule has 1 unspecified atom stereocenters. The second-order valence-electron chi connectivity index (χ2n) is 6.29. The van der Waals surface area contributed by atoms with Crippen molar-refractivity contribution in [3.63, 3.8) is 0 Å². The molecule has 2 nitrogen and oxygen atoms in total. The second kappa shape index (κ2) is 4.88.